The van der Waals surface area contributed by atoms with Gasteiger partial charge in [-0.3, -0.25) is 4.90 Å². The highest BCUT2D eigenvalue weighted by Gasteiger charge is 2.16. The molecule has 3 rings (SSSR count). The largest absolute Gasteiger partial charge is 0.379 e. The number of piperidine rings is 1. The molecule has 2 aliphatic rings. The van der Waals surface area contributed by atoms with Crippen LogP contribution in [0.5, 0.6) is 0 Å². The van der Waals surface area contributed by atoms with Gasteiger partial charge in [0.15, 0.2) is 5.96 Å². The standard InChI is InChI=1S/C20H34N6O.HI/c1-17-5-9-26(10-6-17)19-4-3-18(15-23-19)16-24-20(21)22-7-2-8-25-11-13-27-14-12-25;/h3-4,15,17H,2,5-14,16H2,1H3,(H3,21,22,24);1H. The molecule has 3 N–H and O–H groups in total. The maximum absolute atomic E-state index is 5.98. The van der Waals surface area contributed by atoms with Crippen LogP contribution in [0.4, 0.5) is 5.82 Å². The Hall–Kier alpha value is -1.13. The van der Waals surface area contributed by atoms with Gasteiger partial charge in [-0.1, -0.05) is 13.0 Å². The number of ether oxygens (including phenoxy) is 1. The zero-order valence-electron chi connectivity index (χ0n) is 17.0. The first kappa shape index (κ1) is 23.2. The van der Waals surface area contributed by atoms with Crippen molar-refractivity contribution in [2.45, 2.75) is 32.7 Å². The van der Waals surface area contributed by atoms with E-state index in [2.05, 4.69) is 44.1 Å². The molecule has 1 aromatic heterocycles. The van der Waals surface area contributed by atoms with Crippen LogP contribution in [0.3, 0.4) is 0 Å². The van der Waals surface area contributed by atoms with Crippen molar-refractivity contribution in [3.63, 3.8) is 0 Å². The van der Waals surface area contributed by atoms with Crippen molar-refractivity contribution in [2.75, 3.05) is 57.4 Å². The molecule has 0 aromatic carbocycles. The van der Waals surface area contributed by atoms with Gasteiger partial charge in [0.2, 0.25) is 0 Å². The van der Waals surface area contributed by atoms with Gasteiger partial charge in [0.25, 0.3) is 0 Å². The normalized spacial score (nSPS) is 19.3. The Morgan fingerprint density at radius 2 is 2.00 bits per heavy atom. The molecule has 1 aromatic rings. The summed E-state index contributed by atoms with van der Waals surface area (Å²) in [5.41, 5.74) is 7.06. The third-order valence-electron chi connectivity index (χ3n) is 5.41. The van der Waals surface area contributed by atoms with Crippen LogP contribution in [0.15, 0.2) is 23.3 Å². The number of pyridine rings is 1. The molecule has 2 aliphatic heterocycles. The second-order valence-corrected chi connectivity index (χ2v) is 7.63. The SMILES string of the molecule is CC1CCN(c2ccc(CN=C(N)NCCCN3CCOCC3)cn2)CC1.I. The highest BCUT2D eigenvalue weighted by Crippen LogP contribution is 2.21. The summed E-state index contributed by atoms with van der Waals surface area (Å²) in [6.45, 7) is 10.8. The van der Waals surface area contributed by atoms with Crippen molar-refractivity contribution >= 4 is 35.8 Å². The monoisotopic (exact) mass is 502 g/mol. The molecule has 2 fully saturated rings. The van der Waals surface area contributed by atoms with Crippen LogP contribution < -0.4 is 16.0 Å². The fourth-order valence-corrected chi connectivity index (χ4v) is 3.51. The van der Waals surface area contributed by atoms with Crippen LogP contribution >= 0.6 is 24.0 Å². The van der Waals surface area contributed by atoms with Gasteiger partial charge < -0.3 is 20.7 Å². The molecule has 7 nitrogen and oxygen atoms in total. The minimum absolute atomic E-state index is 0. The summed E-state index contributed by atoms with van der Waals surface area (Å²) in [7, 11) is 0. The average molecular weight is 502 g/mol. The Bertz CT molecular complexity index is 583. The molecule has 0 atom stereocenters. The fourth-order valence-electron chi connectivity index (χ4n) is 3.51. The average Bonchev–Trinajstić information content (AvgIpc) is 2.71. The molecule has 0 saturated carbocycles. The zero-order chi connectivity index (χ0) is 18.9. The number of nitrogens with two attached hydrogens (primary N) is 1. The van der Waals surface area contributed by atoms with E-state index in [1.165, 1.54) is 12.8 Å². The van der Waals surface area contributed by atoms with Crippen molar-refractivity contribution in [3.05, 3.63) is 23.9 Å². The number of rotatable bonds is 7. The number of halogens is 1. The van der Waals surface area contributed by atoms with Crippen LogP contribution in [0.1, 0.15) is 31.7 Å². The third-order valence-corrected chi connectivity index (χ3v) is 5.41. The van der Waals surface area contributed by atoms with Crippen LogP contribution in [-0.4, -0.2) is 68.3 Å². The number of morpholine rings is 1. The van der Waals surface area contributed by atoms with Gasteiger partial charge in [-0.05, 0) is 43.4 Å². The summed E-state index contributed by atoms with van der Waals surface area (Å²) in [4.78, 5) is 13.8. The highest BCUT2D eigenvalue weighted by molar-refractivity contribution is 14.0. The van der Waals surface area contributed by atoms with Crippen LogP contribution in [0.25, 0.3) is 0 Å². The van der Waals surface area contributed by atoms with E-state index in [-0.39, 0.29) is 24.0 Å². The van der Waals surface area contributed by atoms with E-state index < -0.39 is 0 Å². The lowest BCUT2D eigenvalue weighted by Crippen LogP contribution is -2.39. The number of hydrogen-bond acceptors (Lipinski definition) is 5. The number of aliphatic imine (C=N–C) groups is 1. The van der Waals surface area contributed by atoms with Crippen molar-refractivity contribution < 1.29 is 4.74 Å². The fraction of sp³-hybridized carbons (Fsp3) is 0.700. The smallest absolute Gasteiger partial charge is 0.188 e. The van der Waals surface area contributed by atoms with Crippen LogP contribution in [-0.2, 0) is 11.3 Å². The second kappa shape index (κ2) is 12.4. The number of anilines is 1. The second-order valence-electron chi connectivity index (χ2n) is 7.63. The third kappa shape index (κ3) is 7.71. The summed E-state index contributed by atoms with van der Waals surface area (Å²) in [6, 6.07) is 4.21. The summed E-state index contributed by atoms with van der Waals surface area (Å²) < 4.78 is 5.36. The first-order chi connectivity index (χ1) is 13.2. The van der Waals surface area contributed by atoms with Gasteiger partial charge >= 0.3 is 0 Å². The van der Waals surface area contributed by atoms with Gasteiger partial charge in [0.05, 0.1) is 19.8 Å². The van der Waals surface area contributed by atoms with Crippen molar-refractivity contribution in [3.8, 4) is 0 Å². The van der Waals surface area contributed by atoms with E-state index in [1.54, 1.807) is 0 Å². The molecular weight excluding hydrogens is 467 g/mol. The van der Waals surface area contributed by atoms with E-state index >= 15 is 0 Å². The Balaban J connectivity index is 0.00000280. The minimum atomic E-state index is 0. The van der Waals surface area contributed by atoms with Crippen LogP contribution in [0.2, 0.25) is 0 Å². The first-order valence-electron chi connectivity index (χ1n) is 10.2. The van der Waals surface area contributed by atoms with Gasteiger partial charge in [-0.25, -0.2) is 9.98 Å². The van der Waals surface area contributed by atoms with Gasteiger partial charge in [-0.15, -0.1) is 24.0 Å². The van der Waals surface area contributed by atoms with Crippen molar-refractivity contribution in [2.24, 2.45) is 16.6 Å². The molecule has 8 heteroatoms. The maximum Gasteiger partial charge on any atom is 0.188 e. The molecule has 0 radical (unpaired) electrons. The van der Waals surface area contributed by atoms with Gasteiger partial charge in [-0.2, -0.15) is 0 Å². The lowest BCUT2D eigenvalue weighted by molar-refractivity contribution is 0.0376. The van der Waals surface area contributed by atoms with Gasteiger partial charge in [0, 0.05) is 38.9 Å². The van der Waals surface area contributed by atoms with Crippen LogP contribution in [0, 0.1) is 5.92 Å². The molecule has 158 valence electrons. The summed E-state index contributed by atoms with van der Waals surface area (Å²) in [6.07, 6.45) is 5.48. The van der Waals surface area contributed by atoms with E-state index in [4.69, 9.17) is 10.5 Å². The summed E-state index contributed by atoms with van der Waals surface area (Å²) >= 11 is 0. The van der Waals surface area contributed by atoms with E-state index in [9.17, 15) is 0 Å². The molecule has 0 aliphatic carbocycles. The maximum atomic E-state index is 5.98. The van der Waals surface area contributed by atoms with Gasteiger partial charge in [0.1, 0.15) is 5.82 Å². The molecule has 2 saturated heterocycles. The molecule has 0 bridgehead atoms. The Morgan fingerprint density at radius 1 is 1.25 bits per heavy atom. The van der Waals surface area contributed by atoms with E-state index in [0.717, 1.165) is 76.2 Å². The Morgan fingerprint density at radius 3 is 2.68 bits per heavy atom. The molecule has 0 amide bonds. The zero-order valence-corrected chi connectivity index (χ0v) is 19.3. The van der Waals surface area contributed by atoms with E-state index in [0.29, 0.717) is 12.5 Å². The summed E-state index contributed by atoms with van der Waals surface area (Å²) in [5.74, 6) is 2.41. The predicted molar refractivity (Wildman–Crippen MR) is 125 cm³/mol. The number of guanidine groups is 1. The lowest BCUT2D eigenvalue weighted by Gasteiger charge is -2.31. The summed E-state index contributed by atoms with van der Waals surface area (Å²) in [5, 5.41) is 3.20. The van der Waals surface area contributed by atoms with Crippen molar-refractivity contribution in [1.82, 2.24) is 15.2 Å². The first-order valence-corrected chi connectivity index (χ1v) is 10.2. The van der Waals surface area contributed by atoms with E-state index in [1.807, 2.05) is 6.20 Å². The minimum Gasteiger partial charge on any atom is -0.379 e. The molecule has 3 heterocycles. The molecule has 0 spiro atoms. The highest BCUT2D eigenvalue weighted by atomic mass is 127. The molecule has 0 unspecified atom stereocenters. The molecule has 28 heavy (non-hydrogen) atoms. The lowest BCUT2D eigenvalue weighted by atomic mass is 9.99. The molecular formula is C20H35IN6O. The Labute approximate surface area is 186 Å². The predicted octanol–water partition coefficient (Wildman–Crippen LogP) is 2.06. The number of nitrogens with one attached hydrogen (secondary N) is 1. The number of hydrogen-bond donors (Lipinski definition) is 2. The number of aromatic nitrogens is 1. The number of nitrogens with zero attached hydrogens (tertiary/aromatic N) is 4. The topological polar surface area (TPSA) is 79.0 Å². The Kier molecular flexibility index (Phi) is 10.3. The van der Waals surface area contributed by atoms with Crippen molar-refractivity contribution in [1.29, 1.82) is 0 Å². The quantitative estimate of drug-likeness (QED) is 0.257.